The van der Waals surface area contributed by atoms with Crippen LogP contribution in [0.1, 0.15) is 150 Å². The Kier molecular flexibility index (Phi) is 23.5. The molecule has 0 unspecified atom stereocenters. The van der Waals surface area contributed by atoms with Crippen molar-refractivity contribution in [3.63, 3.8) is 0 Å². The molecule has 8 aromatic carbocycles. The molecule has 2 aliphatic heterocycles. The van der Waals surface area contributed by atoms with Gasteiger partial charge >= 0.3 is 41.8 Å². The largest absolute Gasteiger partial charge is 0.497 e. The number of carbonyl (C=O) groups is 8. The van der Waals surface area contributed by atoms with Crippen molar-refractivity contribution in [1.29, 1.82) is 0 Å². The van der Waals surface area contributed by atoms with Crippen LogP contribution < -0.4 is 9.47 Å². The average Bonchev–Trinajstić information content (AvgIpc) is 1.60. The van der Waals surface area contributed by atoms with E-state index in [0.29, 0.717) is 25.0 Å². The van der Waals surface area contributed by atoms with Crippen LogP contribution >= 0.6 is 0 Å². The summed E-state index contributed by atoms with van der Waals surface area (Å²) in [6.07, 6.45) is -11.9. The van der Waals surface area contributed by atoms with Crippen LogP contribution in [0, 0.1) is 34.5 Å². The lowest BCUT2D eigenvalue weighted by atomic mass is 9.47. The fraction of sp³-hybridized carbons (Fsp3) is 0.356. The summed E-state index contributed by atoms with van der Waals surface area (Å²) in [6.45, 7) is 4.92. The van der Waals surface area contributed by atoms with E-state index in [-0.39, 0.29) is 85.1 Å². The van der Waals surface area contributed by atoms with E-state index in [1.54, 1.807) is 161 Å². The summed E-state index contributed by atoms with van der Waals surface area (Å²) in [6, 6.07) is 61.6. The molecule has 0 N–H and O–H groups in total. The van der Waals surface area contributed by atoms with Gasteiger partial charge in [-0.2, -0.15) is 0 Å². The summed E-state index contributed by atoms with van der Waals surface area (Å²) in [4.78, 5) is 118. The Bertz CT molecular complexity index is 4640. The van der Waals surface area contributed by atoms with Gasteiger partial charge in [-0.15, -0.1) is 0 Å². The predicted molar refractivity (Wildman–Crippen MR) is 402 cm³/mol. The van der Waals surface area contributed by atoms with Crippen LogP contribution in [-0.2, 0) is 56.9 Å². The molecule has 8 aromatic rings. The maximum Gasteiger partial charge on any atom is 0.338 e. The lowest BCUT2D eigenvalue weighted by Crippen LogP contribution is -2.67. The minimum Gasteiger partial charge on any atom is -0.497 e. The average molecular weight is 1510 g/mol. The minimum absolute atomic E-state index is 0.000537. The quantitative estimate of drug-likeness (QED) is 0.0309. The Morgan fingerprint density at radius 2 is 0.820 bits per heavy atom. The molecule has 4 aliphatic carbocycles. The normalized spacial score (nSPS) is 28.5. The molecule has 14 rings (SSSR count). The van der Waals surface area contributed by atoms with Crippen LogP contribution in [0.15, 0.2) is 242 Å². The maximum atomic E-state index is 15.3. The van der Waals surface area contributed by atoms with Crippen LogP contribution in [0.3, 0.4) is 0 Å². The molecule has 18 atom stereocenters. The molecule has 2 saturated heterocycles. The highest BCUT2D eigenvalue weighted by Crippen LogP contribution is 2.69. The molecule has 21 heteroatoms. The van der Waals surface area contributed by atoms with E-state index in [9.17, 15) is 24.0 Å². The summed E-state index contributed by atoms with van der Waals surface area (Å²) >= 11 is 0. The first-order valence-electron chi connectivity index (χ1n) is 37.7. The molecule has 0 radical (unpaired) electrons. The SMILES string of the molecule is COc1ccc(OC)c([C@@H]2C[C@H]3[C@@H]4CC=C5C[C@@H](O[C@@H]6O[C@H](COC(=O)c7ccccc7)[C@@H](O[C@@H]7O[C@H](COC(=O)c8ccccc8)[C@@H](OC(=O)c8ccccc8)[C@H](OC(=O)c8ccccc8)[C@H]7OC(=O)c7ccccc7)[C@H](OC(=O)c7ccccc7)[C@H]6OC(=O)c6ccccc6)CC[C@]5(C)[C@H]4CC[C@]3(C)[C@H]2C(C)=O)c1. The molecular formula is C90H88O21. The van der Waals surface area contributed by atoms with Crippen molar-refractivity contribution in [3.8, 4) is 11.5 Å². The van der Waals surface area contributed by atoms with E-state index in [1.807, 2.05) is 18.2 Å². The first kappa shape index (κ1) is 76.7. The number of Topliss-reactive ketones (excluding diaryl/α,β-unsaturated/α-hetero) is 1. The Morgan fingerprint density at radius 1 is 0.423 bits per heavy atom. The predicted octanol–water partition coefficient (Wildman–Crippen LogP) is 14.6. The number of allylic oxidation sites excluding steroid dienone is 1. The third-order valence-electron chi connectivity index (χ3n) is 23.2. The molecule has 111 heavy (non-hydrogen) atoms. The monoisotopic (exact) mass is 1500 g/mol. The van der Waals surface area contributed by atoms with Crippen molar-refractivity contribution in [2.24, 2.45) is 34.5 Å². The van der Waals surface area contributed by atoms with Crippen molar-refractivity contribution >= 4 is 47.6 Å². The topological polar surface area (TPSA) is 257 Å². The van der Waals surface area contributed by atoms with Crippen LogP contribution in [-0.4, -0.2) is 143 Å². The van der Waals surface area contributed by atoms with Gasteiger partial charge in [0.05, 0.1) is 59.3 Å². The third-order valence-corrected chi connectivity index (χ3v) is 23.2. The fourth-order valence-corrected chi connectivity index (χ4v) is 17.8. The number of benzene rings is 8. The number of rotatable bonds is 24. The number of hydrogen-bond donors (Lipinski definition) is 0. The van der Waals surface area contributed by atoms with Crippen molar-refractivity contribution in [2.75, 3.05) is 27.4 Å². The third kappa shape index (κ3) is 16.5. The molecule has 3 saturated carbocycles. The van der Waals surface area contributed by atoms with Gasteiger partial charge in [-0.1, -0.05) is 153 Å². The van der Waals surface area contributed by atoms with Gasteiger partial charge in [-0.05, 0) is 189 Å². The van der Waals surface area contributed by atoms with Gasteiger partial charge in [-0.3, -0.25) is 4.79 Å². The van der Waals surface area contributed by atoms with Crippen molar-refractivity contribution in [2.45, 2.75) is 139 Å². The second-order valence-corrected chi connectivity index (χ2v) is 29.6. The van der Waals surface area contributed by atoms with E-state index in [4.69, 9.17) is 61.6 Å². The van der Waals surface area contributed by atoms with Gasteiger partial charge < -0.3 is 61.6 Å². The van der Waals surface area contributed by atoms with Gasteiger partial charge in [0.1, 0.15) is 48.8 Å². The molecule has 0 aromatic heterocycles. The molecule has 6 aliphatic rings. The highest BCUT2D eigenvalue weighted by molar-refractivity contribution is 5.93. The van der Waals surface area contributed by atoms with Gasteiger partial charge in [0.2, 0.25) is 0 Å². The molecule has 574 valence electrons. The number of methoxy groups -OCH3 is 2. The zero-order chi connectivity index (χ0) is 77.3. The van der Waals surface area contributed by atoms with E-state index in [2.05, 4.69) is 19.9 Å². The van der Waals surface area contributed by atoms with Gasteiger partial charge in [0, 0.05) is 11.5 Å². The van der Waals surface area contributed by atoms with Gasteiger partial charge in [-0.25, -0.2) is 33.6 Å². The number of esters is 7. The molecule has 0 amide bonds. The molecule has 2 heterocycles. The van der Waals surface area contributed by atoms with Crippen LogP contribution in [0.2, 0.25) is 0 Å². The number of hydrogen-bond acceptors (Lipinski definition) is 21. The second kappa shape index (κ2) is 34.0. The first-order chi connectivity index (χ1) is 53.9. The van der Waals surface area contributed by atoms with Gasteiger partial charge in [0.25, 0.3) is 0 Å². The first-order valence-corrected chi connectivity index (χ1v) is 37.7. The van der Waals surface area contributed by atoms with Crippen LogP contribution in [0.4, 0.5) is 0 Å². The Balaban J connectivity index is 0.868. The highest BCUT2D eigenvalue weighted by atomic mass is 16.8. The number of fused-ring (bicyclic) bond motifs is 5. The number of ketones is 1. The molecule has 0 bridgehead atoms. The fourth-order valence-electron chi connectivity index (χ4n) is 17.8. The Labute approximate surface area is 643 Å². The van der Waals surface area contributed by atoms with Crippen molar-refractivity contribution < 1.29 is 99.9 Å². The van der Waals surface area contributed by atoms with E-state index >= 15 is 14.4 Å². The van der Waals surface area contributed by atoms with Gasteiger partial charge in [0.15, 0.2) is 43.1 Å². The second-order valence-electron chi connectivity index (χ2n) is 29.6. The number of carbonyl (C=O) groups excluding carboxylic acids is 8. The summed E-state index contributed by atoms with van der Waals surface area (Å²) in [5.41, 5.74) is 2.01. The standard InChI is InChI=1S/C90H88O21/c1-54(91)73-67(66-50-63(99-4)42-44-70(66)100-5)51-69-65-43-41-62-49-64(45-47-89(62,2)68(65)46-48-90(69,73)3)103-87-78(109-85(97)60-37-23-11-24-38-60)77(108-84(96)59-35-21-10-22-36-59)75(72(104-87)53-102-81(93)56-29-15-7-16-30-56)111-88-79(110-86(98)61-39-25-12-26-40-61)76(107-83(95)58-33-19-9-20-34-58)74(106-82(94)57-31-17-8-18-32-57)71(105-88)52-101-80(92)55-27-13-6-14-28-55/h6-42,44,50,64-65,67-69,71-79,87-88H,43,45-49,51-53H2,1-5H3/t64-,65+,67-,68-,69-,71+,72+,73-,74+,75+,76-,77-,78+,79+,87+,88-,89-,90-/m0/s1. The van der Waals surface area contributed by atoms with E-state index in [0.717, 1.165) is 37.0 Å². The Hall–Kier alpha value is -11.1. The lowest BCUT2D eigenvalue weighted by Gasteiger charge is -2.58. The smallest absolute Gasteiger partial charge is 0.338 e. The molecule has 5 fully saturated rings. The number of ether oxygens (including phenoxy) is 13. The highest BCUT2D eigenvalue weighted by Gasteiger charge is 2.64. The van der Waals surface area contributed by atoms with Crippen molar-refractivity contribution in [1.82, 2.24) is 0 Å². The van der Waals surface area contributed by atoms with Crippen LogP contribution in [0.25, 0.3) is 0 Å². The van der Waals surface area contributed by atoms with E-state index in [1.165, 1.54) is 78.4 Å². The summed E-state index contributed by atoms with van der Waals surface area (Å²) in [5, 5.41) is 0. The van der Waals surface area contributed by atoms with Crippen molar-refractivity contribution in [3.05, 3.63) is 287 Å². The van der Waals surface area contributed by atoms with E-state index < -0.39 is 123 Å². The minimum atomic E-state index is -2.09. The zero-order valence-electron chi connectivity index (χ0n) is 62.2. The molecule has 21 nitrogen and oxygen atoms in total. The summed E-state index contributed by atoms with van der Waals surface area (Å²) in [5.74, 6) is -4.56. The summed E-state index contributed by atoms with van der Waals surface area (Å²) in [7, 11) is 3.30. The lowest BCUT2D eigenvalue weighted by molar-refractivity contribution is -0.360. The maximum absolute atomic E-state index is 15.3. The van der Waals surface area contributed by atoms with Crippen LogP contribution in [0.5, 0.6) is 11.5 Å². The summed E-state index contributed by atoms with van der Waals surface area (Å²) < 4.78 is 85.5. The Morgan fingerprint density at radius 3 is 1.24 bits per heavy atom. The zero-order valence-corrected chi connectivity index (χ0v) is 62.2. The molecule has 0 spiro atoms. The molecular weight excluding hydrogens is 1420 g/mol.